The molecule has 0 saturated carbocycles. The number of aryl methyl sites for hydroxylation is 2. The molecule has 1 unspecified atom stereocenters. The van der Waals surface area contributed by atoms with Crippen LogP contribution in [0, 0.1) is 13.8 Å². The number of nitrogens with one attached hydrogen (secondary N) is 1. The average molecular weight is 381 g/mol. The van der Waals surface area contributed by atoms with Gasteiger partial charge in [-0.2, -0.15) is 4.31 Å². The van der Waals surface area contributed by atoms with Gasteiger partial charge in [-0.1, -0.05) is 23.4 Å². The van der Waals surface area contributed by atoms with E-state index in [0.717, 1.165) is 9.87 Å². The SMILES string of the molecule is COc1ccccc1C(C)NC(=O)CN(C)S(=O)(=O)c1c(C)noc1C. The Balaban J connectivity index is 2.10. The molecule has 26 heavy (non-hydrogen) atoms. The lowest BCUT2D eigenvalue weighted by molar-refractivity contribution is -0.121. The molecule has 142 valence electrons. The van der Waals surface area contributed by atoms with Gasteiger partial charge in [0, 0.05) is 12.6 Å². The summed E-state index contributed by atoms with van der Waals surface area (Å²) in [6.07, 6.45) is 0. The van der Waals surface area contributed by atoms with Crippen molar-refractivity contribution in [2.24, 2.45) is 0 Å². The first-order chi connectivity index (χ1) is 12.2. The molecule has 1 N–H and O–H groups in total. The van der Waals surface area contributed by atoms with Crippen LogP contribution in [0.1, 0.15) is 30.0 Å². The van der Waals surface area contributed by atoms with Crippen LogP contribution in [0.3, 0.4) is 0 Å². The predicted octanol–water partition coefficient (Wildman–Crippen LogP) is 1.80. The van der Waals surface area contributed by atoms with Gasteiger partial charge in [-0.15, -0.1) is 0 Å². The molecule has 0 aliphatic carbocycles. The van der Waals surface area contributed by atoms with Crippen LogP contribution in [0.5, 0.6) is 5.75 Å². The van der Waals surface area contributed by atoms with Crippen molar-refractivity contribution >= 4 is 15.9 Å². The maximum absolute atomic E-state index is 12.7. The van der Waals surface area contributed by atoms with Crippen molar-refractivity contribution in [2.45, 2.75) is 31.7 Å². The van der Waals surface area contributed by atoms with E-state index in [2.05, 4.69) is 10.5 Å². The second-order valence-electron chi connectivity index (χ2n) is 5.95. The zero-order chi connectivity index (χ0) is 19.5. The van der Waals surface area contributed by atoms with E-state index in [4.69, 9.17) is 9.26 Å². The number of aromatic nitrogens is 1. The molecule has 0 aliphatic heterocycles. The Bertz CT molecular complexity index is 872. The minimum atomic E-state index is -3.87. The highest BCUT2D eigenvalue weighted by molar-refractivity contribution is 7.89. The summed E-state index contributed by atoms with van der Waals surface area (Å²) in [5, 5.41) is 6.44. The largest absolute Gasteiger partial charge is 0.496 e. The molecule has 2 aromatic rings. The molecule has 0 saturated heterocycles. The van der Waals surface area contributed by atoms with Crippen LogP contribution in [0.15, 0.2) is 33.7 Å². The number of ether oxygens (including phenoxy) is 1. The maximum Gasteiger partial charge on any atom is 0.248 e. The lowest BCUT2D eigenvalue weighted by atomic mass is 10.1. The number of carbonyl (C=O) groups is 1. The number of sulfonamides is 1. The quantitative estimate of drug-likeness (QED) is 0.785. The van der Waals surface area contributed by atoms with Gasteiger partial charge in [-0.25, -0.2) is 8.42 Å². The van der Waals surface area contributed by atoms with Crippen molar-refractivity contribution < 1.29 is 22.5 Å². The third kappa shape index (κ3) is 4.05. The van der Waals surface area contributed by atoms with Gasteiger partial charge in [-0.05, 0) is 26.8 Å². The van der Waals surface area contributed by atoms with Crippen molar-refractivity contribution in [1.82, 2.24) is 14.8 Å². The summed E-state index contributed by atoms with van der Waals surface area (Å²) in [5.74, 6) is 0.412. The lowest BCUT2D eigenvalue weighted by Gasteiger charge is -2.20. The number of likely N-dealkylation sites (N-methyl/N-ethyl adjacent to an activating group) is 1. The summed E-state index contributed by atoms with van der Waals surface area (Å²) in [6.45, 7) is 4.54. The summed E-state index contributed by atoms with van der Waals surface area (Å²) >= 11 is 0. The predicted molar refractivity (Wildman–Crippen MR) is 95.3 cm³/mol. The van der Waals surface area contributed by atoms with E-state index in [1.807, 2.05) is 18.2 Å². The van der Waals surface area contributed by atoms with E-state index >= 15 is 0 Å². The number of para-hydroxylation sites is 1. The Kier molecular flexibility index (Phi) is 6.04. The Morgan fingerprint density at radius 3 is 2.58 bits per heavy atom. The highest BCUT2D eigenvalue weighted by Crippen LogP contribution is 2.25. The Morgan fingerprint density at radius 1 is 1.35 bits per heavy atom. The summed E-state index contributed by atoms with van der Waals surface area (Å²) < 4.78 is 36.5. The molecule has 0 fully saturated rings. The highest BCUT2D eigenvalue weighted by Gasteiger charge is 2.30. The van der Waals surface area contributed by atoms with Crippen LogP contribution in [0.25, 0.3) is 0 Å². The monoisotopic (exact) mass is 381 g/mol. The lowest BCUT2D eigenvalue weighted by Crippen LogP contribution is -2.39. The number of hydrogen-bond donors (Lipinski definition) is 1. The maximum atomic E-state index is 12.7. The summed E-state index contributed by atoms with van der Waals surface area (Å²) in [5.41, 5.74) is 1.07. The number of amides is 1. The van der Waals surface area contributed by atoms with Crippen molar-refractivity contribution in [2.75, 3.05) is 20.7 Å². The molecule has 0 bridgehead atoms. The minimum absolute atomic E-state index is 0.00872. The van der Waals surface area contributed by atoms with Gasteiger partial charge in [0.05, 0.1) is 19.7 Å². The van der Waals surface area contributed by atoms with Gasteiger partial charge < -0.3 is 14.6 Å². The van der Waals surface area contributed by atoms with Crippen LogP contribution in [0.4, 0.5) is 0 Å². The van der Waals surface area contributed by atoms with Crippen LogP contribution < -0.4 is 10.1 Å². The first kappa shape index (κ1) is 19.9. The van der Waals surface area contributed by atoms with E-state index < -0.39 is 15.9 Å². The minimum Gasteiger partial charge on any atom is -0.496 e. The number of carbonyl (C=O) groups excluding carboxylic acids is 1. The van der Waals surface area contributed by atoms with Crippen molar-refractivity contribution in [1.29, 1.82) is 0 Å². The van der Waals surface area contributed by atoms with Crippen LogP contribution in [-0.2, 0) is 14.8 Å². The number of benzene rings is 1. The van der Waals surface area contributed by atoms with Crippen LogP contribution >= 0.6 is 0 Å². The number of hydrogen-bond acceptors (Lipinski definition) is 6. The Hall–Kier alpha value is -2.39. The molecule has 2 rings (SSSR count). The number of methoxy groups -OCH3 is 1. The van der Waals surface area contributed by atoms with Crippen molar-refractivity contribution in [3.05, 3.63) is 41.3 Å². The molecule has 1 atom stereocenters. The average Bonchev–Trinajstić information content (AvgIpc) is 2.93. The molecule has 1 aromatic heterocycles. The molecular weight excluding hydrogens is 358 g/mol. The van der Waals surface area contributed by atoms with Crippen LogP contribution in [0.2, 0.25) is 0 Å². The van der Waals surface area contributed by atoms with E-state index in [9.17, 15) is 13.2 Å². The third-order valence-electron chi connectivity index (χ3n) is 3.99. The number of nitrogens with zero attached hydrogens (tertiary/aromatic N) is 2. The summed E-state index contributed by atoms with van der Waals surface area (Å²) in [7, 11) is -0.979. The smallest absolute Gasteiger partial charge is 0.248 e. The van der Waals surface area contributed by atoms with Gasteiger partial charge in [0.25, 0.3) is 0 Å². The normalized spacial score (nSPS) is 12.8. The van der Waals surface area contributed by atoms with E-state index in [1.54, 1.807) is 27.0 Å². The molecular formula is C17H23N3O5S. The fourth-order valence-corrected chi connectivity index (χ4v) is 4.08. The molecule has 0 aliphatic rings. The summed E-state index contributed by atoms with van der Waals surface area (Å²) in [6, 6.07) is 6.98. The van der Waals surface area contributed by atoms with Crippen LogP contribution in [-0.4, -0.2) is 44.5 Å². The molecule has 0 radical (unpaired) electrons. The van der Waals surface area contributed by atoms with E-state index in [1.165, 1.54) is 14.0 Å². The third-order valence-corrected chi connectivity index (χ3v) is 6.03. The Morgan fingerprint density at radius 2 is 2.00 bits per heavy atom. The first-order valence-corrected chi connectivity index (χ1v) is 9.44. The molecule has 9 heteroatoms. The van der Waals surface area contributed by atoms with Gasteiger partial charge >= 0.3 is 0 Å². The van der Waals surface area contributed by atoms with E-state index in [0.29, 0.717) is 5.75 Å². The molecule has 1 amide bonds. The molecule has 0 spiro atoms. The summed E-state index contributed by atoms with van der Waals surface area (Å²) in [4.78, 5) is 12.3. The number of rotatable bonds is 7. The fraction of sp³-hybridized carbons (Fsp3) is 0.412. The standard InChI is InChI=1S/C17H23N3O5S/c1-11(14-8-6-7-9-15(14)24-5)18-16(21)10-20(4)26(22,23)17-12(2)19-25-13(17)3/h6-9,11H,10H2,1-5H3,(H,18,21). The second kappa shape index (κ2) is 7.88. The van der Waals surface area contributed by atoms with Crippen molar-refractivity contribution in [3.63, 3.8) is 0 Å². The highest BCUT2D eigenvalue weighted by atomic mass is 32.2. The topological polar surface area (TPSA) is 102 Å². The molecule has 8 nitrogen and oxygen atoms in total. The van der Waals surface area contributed by atoms with Gasteiger partial charge in [0.1, 0.15) is 16.3 Å². The fourth-order valence-electron chi connectivity index (χ4n) is 2.67. The van der Waals surface area contributed by atoms with Crippen molar-refractivity contribution in [3.8, 4) is 5.75 Å². The second-order valence-corrected chi connectivity index (χ2v) is 7.93. The van der Waals surface area contributed by atoms with Gasteiger partial charge in [-0.3, -0.25) is 4.79 Å². The molecule has 1 heterocycles. The van der Waals surface area contributed by atoms with E-state index in [-0.39, 0.29) is 28.9 Å². The van der Waals surface area contributed by atoms with Gasteiger partial charge in [0.15, 0.2) is 5.76 Å². The first-order valence-electron chi connectivity index (χ1n) is 8.00. The Labute approximate surface area is 153 Å². The van der Waals surface area contributed by atoms with Gasteiger partial charge in [0.2, 0.25) is 15.9 Å². The molecule has 1 aromatic carbocycles. The zero-order valence-electron chi connectivity index (χ0n) is 15.4. The zero-order valence-corrected chi connectivity index (χ0v) is 16.3.